The van der Waals surface area contributed by atoms with E-state index in [1.165, 1.54) is 11.1 Å². The largest absolute Gasteiger partial charge is 0.491 e. The molecule has 0 bridgehead atoms. The van der Waals surface area contributed by atoms with Gasteiger partial charge in [-0.2, -0.15) is 0 Å². The Bertz CT molecular complexity index is 202. The van der Waals surface area contributed by atoms with E-state index in [1.54, 1.807) is 6.26 Å². The SMILES string of the molecule is CC1=C(C)C(C)(C)OC=C1.[Y]. The Balaban J connectivity index is 0.000001000. The molecule has 1 nitrogen and oxygen atoms in total. The van der Waals surface area contributed by atoms with Gasteiger partial charge in [-0.25, -0.2) is 0 Å². The zero-order chi connectivity index (χ0) is 7.78. The summed E-state index contributed by atoms with van der Waals surface area (Å²) >= 11 is 0. The van der Waals surface area contributed by atoms with Crippen LogP contribution in [0.1, 0.15) is 27.7 Å². The van der Waals surface area contributed by atoms with Gasteiger partial charge in [0.1, 0.15) is 5.60 Å². The van der Waals surface area contributed by atoms with Gasteiger partial charge in [-0.15, -0.1) is 0 Å². The molecule has 0 spiro atoms. The number of ether oxygens (including phenoxy) is 1. The minimum Gasteiger partial charge on any atom is -0.491 e. The molecule has 0 aromatic carbocycles. The van der Waals surface area contributed by atoms with Crippen LogP contribution in [-0.2, 0) is 37.4 Å². The van der Waals surface area contributed by atoms with Crippen molar-refractivity contribution in [2.45, 2.75) is 33.3 Å². The first-order valence-electron chi connectivity index (χ1n) is 3.56. The van der Waals surface area contributed by atoms with Gasteiger partial charge in [0.15, 0.2) is 0 Å². The van der Waals surface area contributed by atoms with Crippen molar-refractivity contribution in [3.8, 4) is 0 Å². The van der Waals surface area contributed by atoms with Crippen LogP contribution < -0.4 is 0 Å². The molecule has 0 atom stereocenters. The summed E-state index contributed by atoms with van der Waals surface area (Å²) in [5.41, 5.74) is 2.53. The van der Waals surface area contributed by atoms with Gasteiger partial charge in [0.2, 0.25) is 0 Å². The summed E-state index contributed by atoms with van der Waals surface area (Å²) in [4.78, 5) is 0. The average Bonchev–Trinajstić information content (AvgIpc) is 1.83. The van der Waals surface area contributed by atoms with Gasteiger partial charge in [-0.3, -0.25) is 0 Å². The predicted molar refractivity (Wildman–Crippen MR) is 42.7 cm³/mol. The quantitative estimate of drug-likeness (QED) is 0.618. The molecule has 2 heteroatoms. The molecule has 0 N–H and O–H groups in total. The van der Waals surface area contributed by atoms with E-state index in [-0.39, 0.29) is 38.3 Å². The third-order valence-corrected chi connectivity index (χ3v) is 2.18. The zero-order valence-electron chi connectivity index (χ0n) is 7.64. The minimum atomic E-state index is -0.0984. The van der Waals surface area contributed by atoms with Crippen LogP contribution in [0.5, 0.6) is 0 Å². The summed E-state index contributed by atoms with van der Waals surface area (Å²) in [5.74, 6) is 0. The molecule has 0 saturated heterocycles. The Morgan fingerprint density at radius 2 is 1.82 bits per heavy atom. The van der Waals surface area contributed by atoms with E-state index in [4.69, 9.17) is 4.74 Å². The summed E-state index contributed by atoms with van der Waals surface area (Å²) in [6.07, 6.45) is 3.77. The molecule has 0 fully saturated rings. The standard InChI is InChI=1S/C9H14O.Y/c1-7-5-6-10-9(3,4)8(7)2;/h5-6H,1-4H3;. The van der Waals surface area contributed by atoms with E-state index in [2.05, 4.69) is 27.7 Å². The smallest absolute Gasteiger partial charge is 0.124 e. The van der Waals surface area contributed by atoms with Gasteiger partial charge in [0.05, 0.1) is 6.26 Å². The van der Waals surface area contributed by atoms with Crippen molar-refractivity contribution in [1.29, 1.82) is 0 Å². The fraction of sp³-hybridized carbons (Fsp3) is 0.556. The summed E-state index contributed by atoms with van der Waals surface area (Å²) < 4.78 is 5.41. The van der Waals surface area contributed by atoms with Crippen LogP contribution in [0.25, 0.3) is 0 Å². The van der Waals surface area contributed by atoms with Crippen molar-refractivity contribution in [3.05, 3.63) is 23.5 Å². The van der Waals surface area contributed by atoms with Crippen molar-refractivity contribution in [3.63, 3.8) is 0 Å². The molecule has 11 heavy (non-hydrogen) atoms. The molecule has 0 aromatic rings. The summed E-state index contributed by atoms with van der Waals surface area (Å²) in [6, 6.07) is 0. The van der Waals surface area contributed by atoms with Gasteiger partial charge < -0.3 is 4.74 Å². The first-order chi connectivity index (χ1) is 4.54. The Morgan fingerprint density at radius 1 is 1.27 bits per heavy atom. The molecule has 0 aromatic heterocycles. The Morgan fingerprint density at radius 3 is 2.18 bits per heavy atom. The van der Waals surface area contributed by atoms with Crippen LogP contribution in [0.3, 0.4) is 0 Å². The average molecular weight is 227 g/mol. The molecule has 59 valence electrons. The van der Waals surface area contributed by atoms with Gasteiger partial charge in [0.25, 0.3) is 0 Å². The second-order valence-corrected chi connectivity index (χ2v) is 3.24. The Kier molecular flexibility index (Phi) is 4.00. The van der Waals surface area contributed by atoms with E-state index in [1.807, 2.05) is 6.08 Å². The van der Waals surface area contributed by atoms with Gasteiger partial charge in [-0.1, -0.05) is 0 Å². The normalized spacial score (nSPS) is 20.7. The van der Waals surface area contributed by atoms with Gasteiger partial charge in [0, 0.05) is 32.7 Å². The van der Waals surface area contributed by atoms with Crippen LogP contribution >= 0.6 is 0 Å². The summed E-state index contributed by atoms with van der Waals surface area (Å²) in [6.45, 7) is 8.37. The molecule has 1 radical (unpaired) electrons. The Hall–Kier alpha value is 0.384. The summed E-state index contributed by atoms with van der Waals surface area (Å²) in [7, 11) is 0. The monoisotopic (exact) mass is 227 g/mol. The van der Waals surface area contributed by atoms with E-state index < -0.39 is 0 Å². The predicted octanol–water partition coefficient (Wildman–Crippen LogP) is 2.64. The molecule has 1 heterocycles. The first-order valence-corrected chi connectivity index (χ1v) is 3.56. The van der Waals surface area contributed by atoms with Crippen LogP contribution in [-0.4, -0.2) is 5.60 Å². The third kappa shape index (κ3) is 2.42. The maximum Gasteiger partial charge on any atom is 0.124 e. The second-order valence-electron chi connectivity index (χ2n) is 3.24. The molecule has 0 aliphatic carbocycles. The van der Waals surface area contributed by atoms with Crippen molar-refractivity contribution in [2.24, 2.45) is 0 Å². The van der Waals surface area contributed by atoms with E-state index in [0.29, 0.717) is 0 Å². The molecule has 1 aliphatic heterocycles. The fourth-order valence-corrected chi connectivity index (χ4v) is 0.994. The zero-order valence-corrected chi connectivity index (χ0v) is 10.5. The molecular formula is C9H14OY. The van der Waals surface area contributed by atoms with Gasteiger partial charge in [-0.05, 0) is 44.9 Å². The van der Waals surface area contributed by atoms with E-state index >= 15 is 0 Å². The fourth-order valence-electron chi connectivity index (χ4n) is 0.994. The van der Waals surface area contributed by atoms with Crippen LogP contribution in [0.4, 0.5) is 0 Å². The van der Waals surface area contributed by atoms with E-state index in [9.17, 15) is 0 Å². The first kappa shape index (κ1) is 11.4. The molecule has 1 aliphatic rings. The van der Waals surface area contributed by atoms with Crippen molar-refractivity contribution >= 4 is 0 Å². The summed E-state index contributed by atoms with van der Waals surface area (Å²) in [5, 5.41) is 0. The minimum absolute atomic E-state index is 0. The number of hydrogen-bond acceptors (Lipinski definition) is 1. The van der Waals surface area contributed by atoms with E-state index in [0.717, 1.165) is 0 Å². The molecule has 0 amide bonds. The Labute approximate surface area is 93.8 Å². The maximum atomic E-state index is 5.41. The number of hydrogen-bond donors (Lipinski definition) is 0. The van der Waals surface area contributed by atoms with Crippen molar-refractivity contribution in [2.75, 3.05) is 0 Å². The van der Waals surface area contributed by atoms with Crippen molar-refractivity contribution in [1.82, 2.24) is 0 Å². The third-order valence-electron chi connectivity index (χ3n) is 2.18. The topological polar surface area (TPSA) is 9.23 Å². The number of rotatable bonds is 0. The van der Waals surface area contributed by atoms with Crippen LogP contribution in [0, 0.1) is 0 Å². The van der Waals surface area contributed by atoms with Gasteiger partial charge >= 0.3 is 0 Å². The maximum absolute atomic E-state index is 5.41. The van der Waals surface area contributed by atoms with Crippen LogP contribution in [0.15, 0.2) is 23.5 Å². The van der Waals surface area contributed by atoms with Crippen LogP contribution in [0.2, 0.25) is 0 Å². The molecular weight excluding hydrogens is 213 g/mol. The second kappa shape index (κ2) is 3.86. The molecule has 0 unspecified atom stereocenters. The molecule has 0 saturated carbocycles. The molecule has 1 rings (SSSR count). The number of allylic oxidation sites excluding steroid dienone is 2. The van der Waals surface area contributed by atoms with Crippen molar-refractivity contribution < 1.29 is 37.4 Å².